The second-order valence-corrected chi connectivity index (χ2v) is 6.13. The lowest BCUT2D eigenvalue weighted by molar-refractivity contribution is 0.306. The van der Waals surface area contributed by atoms with Gasteiger partial charge in [0.15, 0.2) is 0 Å². The Morgan fingerprint density at radius 3 is 2.81 bits per heavy atom. The molecule has 0 spiro atoms. The summed E-state index contributed by atoms with van der Waals surface area (Å²) < 4.78 is 6.47. The van der Waals surface area contributed by atoms with E-state index in [9.17, 15) is 0 Å². The standard InChI is InChI=1S/C15H15BrCl2N2O/c1-2-4-19-15-6-10(3-5-20-15)9-21-14-8-12(17)11(16)7-13(14)18/h3,5-8H,2,4,9H2,1H3,(H,19,20). The molecule has 3 nitrogen and oxygen atoms in total. The maximum Gasteiger partial charge on any atom is 0.139 e. The van der Waals surface area contributed by atoms with Gasteiger partial charge in [-0.3, -0.25) is 0 Å². The highest BCUT2D eigenvalue weighted by Gasteiger charge is 2.07. The molecular weight excluding hydrogens is 375 g/mol. The molecule has 0 atom stereocenters. The predicted molar refractivity (Wildman–Crippen MR) is 91.5 cm³/mol. The highest BCUT2D eigenvalue weighted by Crippen LogP contribution is 2.34. The number of hydrogen-bond acceptors (Lipinski definition) is 3. The van der Waals surface area contributed by atoms with Crippen LogP contribution in [0.15, 0.2) is 34.9 Å². The molecule has 0 saturated heterocycles. The van der Waals surface area contributed by atoms with Gasteiger partial charge in [0, 0.05) is 23.3 Å². The summed E-state index contributed by atoms with van der Waals surface area (Å²) in [5, 5.41) is 4.32. The van der Waals surface area contributed by atoms with Crippen LogP contribution in [-0.2, 0) is 6.61 Å². The van der Waals surface area contributed by atoms with Gasteiger partial charge < -0.3 is 10.1 Å². The van der Waals surface area contributed by atoms with Gasteiger partial charge in [-0.05, 0) is 46.1 Å². The quantitative estimate of drug-likeness (QED) is 0.657. The molecule has 21 heavy (non-hydrogen) atoms. The molecule has 2 rings (SSSR count). The Labute approximate surface area is 142 Å². The van der Waals surface area contributed by atoms with Gasteiger partial charge in [0.05, 0.1) is 10.0 Å². The average molecular weight is 390 g/mol. The van der Waals surface area contributed by atoms with Gasteiger partial charge in [-0.2, -0.15) is 0 Å². The number of pyridine rings is 1. The summed E-state index contributed by atoms with van der Waals surface area (Å²) >= 11 is 15.5. The van der Waals surface area contributed by atoms with Crippen molar-refractivity contribution in [2.24, 2.45) is 0 Å². The Hall–Kier alpha value is -0.970. The van der Waals surface area contributed by atoms with Crippen LogP contribution in [0.5, 0.6) is 5.75 Å². The third kappa shape index (κ3) is 4.77. The first kappa shape index (κ1) is 16.4. The van der Waals surface area contributed by atoms with Crippen LogP contribution in [0.25, 0.3) is 0 Å². The molecule has 0 aliphatic heterocycles. The van der Waals surface area contributed by atoms with Gasteiger partial charge in [0.2, 0.25) is 0 Å². The summed E-state index contributed by atoms with van der Waals surface area (Å²) in [5.74, 6) is 1.41. The van der Waals surface area contributed by atoms with Crippen molar-refractivity contribution in [3.63, 3.8) is 0 Å². The van der Waals surface area contributed by atoms with Crippen LogP contribution in [0.1, 0.15) is 18.9 Å². The molecule has 0 bridgehead atoms. The maximum atomic E-state index is 6.13. The minimum Gasteiger partial charge on any atom is -0.487 e. The molecule has 1 aromatic heterocycles. The van der Waals surface area contributed by atoms with Crippen LogP contribution < -0.4 is 10.1 Å². The van der Waals surface area contributed by atoms with Crippen molar-refractivity contribution >= 4 is 44.9 Å². The monoisotopic (exact) mass is 388 g/mol. The van der Waals surface area contributed by atoms with Crippen LogP contribution in [0.2, 0.25) is 10.0 Å². The number of anilines is 1. The minimum absolute atomic E-state index is 0.404. The summed E-state index contributed by atoms with van der Waals surface area (Å²) in [6.07, 6.45) is 2.81. The van der Waals surface area contributed by atoms with Gasteiger partial charge in [-0.1, -0.05) is 30.1 Å². The molecule has 1 aromatic carbocycles. The molecule has 0 saturated carbocycles. The molecule has 0 amide bonds. The summed E-state index contributed by atoms with van der Waals surface area (Å²) in [7, 11) is 0. The van der Waals surface area contributed by atoms with Crippen LogP contribution in [0, 0.1) is 0 Å². The molecule has 0 fully saturated rings. The van der Waals surface area contributed by atoms with E-state index in [0.29, 0.717) is 22.4 Å². The fourth-order valence-corrected chi connectivity index (χ4v) is 2.54. The molecule has 2 aromatic rings. The Morgan fingerprint density at radius 2 is 2.05 bits per heavy atom. The molecule has 0 unspecified atom stereocenters. The summed E-state index contributed by atoms with van der Waals surface area (Å²) in [4.78, 5) is 4.26. The van der Waals surface area contributed by atoms with Gasteiger partial charge in [-0.15, -0.1) is 0 Å². The number of aromatic nitrogens is 1. The molecule has 0 aliphatic carbocycles. The van der Waals surface area contributed by atoms with E-state index in [1.807, 2.05) is 12.1 Å². The van der Waals surface area contributed by atoms with E-state index in [1.54, 1.807) is 18.3 Å². The van der Waals surface area contributed by atoms with E-state index >= 15 is 0 Å². The Balaban J connectivity index is 2.04. The second kappa shape index (κ2) is 7.87. The SMILES string of the molecule is CCCNc1cc(COc2cc(Cl)c(Br)cc2Cl)ccn1. The van der Waals surface area contributed by atoms with E-state index in [0.717, 1.165) is 28.8 Å². The number of nitrogens with zero attached hydrogens (tertiary/aromatic N) is 1. The molecule has 0 aliphatic rings. The number of ether oxygens (including phenoxy) is 1. The average Bonchev–Trinajstić information content (AvgIpc) is 2.48. The maximum absolute atomic E-state index is 6.13. The minimum atomic E-state index is 0.404. The van der Waals surface area contributed by atoms with Crippen molar-refractivity contribution in [2.45, 2.75) is 20.0 Å². The summed E-state index contributed by atoms with van der Waals surface area (Å²) in [5.41, 5.74) is 1.01. The first-order chi connectivity index (χ1) is 10.1. The molecule has 6 heteroatoms. The van der Waals surface area contributed by atoms with Gasteiger partial charge >= 0.3 is 0 Å². The number of benzene rings is 1. The second-order valence-electron chi connectivity index (χ2n) is 4.46. The fourth-order valence-electron chi connectivity index (χ4n) is 1.69. The first-order valence-corrected chi connectivity index (χ1v) is 8.11. The third-order valence-electron chi connectivity index (χ3n) is 2.75. The molecule has 112 valence electrons. The first-order valence-electron chi connectivity index (χ1n) is 6.56. The van der Waals surface area contributed by atoms with E-state index < -0.39 is 0 Å². The van der Waals surface area contributed by atoms with Crippen molar-refractivity contribution in [1.82, 2.24) is 4.98 Å². The normalized spacial score (nSPS) is 10.5. The zero-order chi connectivity index (χ0) is 15.2. The lowest BCUT2D eigenvalue weighted by Crippen LogP contribution is -2.03. The van der Waals surface area contributed by atoms with Crippen molar-refractivity contribution in [1.29, 1.82) is 0 Å². The fraction of sp³-hybridized carbons (Fsp3) is 0.267. The lowest BCUT2D eigenvalue weighted by atomic mass is 10.2. The Morgan fingerprint density at radius 1 is 1.24 bits per heavy atom. The molecule has 1 N–H and O–H groups in total. The lowest BCUT2D eigenvalue weighted by Gasteiger charge is -2.10. The zero-order valence-electron chi connectivity index (χ0n) is 11.5. The van der Waals surface area contributed by atoms with Crippen molar-refractivity contribution in [2.75, 3.05) is 11.9 Å². The molecule has 0 radical (unpaired) electrons. The Bertz CT molecular complexity index is 623. The van der Waals surface area contributed by atoms with E-state index in [4.69, 9.17) is 27.9 Å². The van der Waals surface area contributed by atoms with Gasteiger partial charge in [-0.25, -0.2) is 4.98 Å². The van der Waals surface area contributed by atoms with Crippen molar-refractivity contribution < 1.29 is 4.74 Å². The number of rotatable bonds is 6. The number of halogens is 3. The summed E-state index contributed by atoms with van der Waals surface area (Å²) in [6, 6.07) is 7.29. The van der Waals surface area contributed by atoms with Gasteiger partial charge in [0.1, 0.15) is 18.2 Å². The Kier molecular flexibility index (Phi) is 6.15. The van der Waals surface area contributed by atoms with E-state index in [2.05, 4.69) is 33.2 Å². The summed E-state index contributed by atoms with van der Waals surface area (Å²) in [6.45, 7) is 3.41. The van der Waals surface area contributed by atoms with Crippen molar-refractivity contribution in [3.05, 3.63) is 50.5 Å². The zero-order valence-corrected chi connectivity index (χ0v) is 14.6. The highest BCUT2D eigenvalue weighted by molar-refractivity contribution is 9.10. The van der Waals surface area contributed by atoms with E-state index in [1.165, 1.54) is 0 Å². The molecule has 1 heterocycles. The topological polar surface area (TPSA) is 34.1 Å². The third-order valence-corrected chi connectivity index (χ3v) is 4.24. The number of nitrogens with one attached hydrogen (secondary N) is 1. The van der Waals surface area contributed by atoms with Crippen LogP contribution in [-0.4, -0.2) is 11.5 Å². The molecular formula is C15H15BrCl2N2O. The van der Waals surface area contributed by atoms with Crippen LogP contribution in [0.4, 0.5) is 5.82 Å². The van der Waals surface area contributed by atoms with E-state index in [-0.39, 0.29) is 0 Å². The largest absolute Gasteiger partial charge is 0.487 e. The number of hydrogen-bond donors (Lipinski definition) is 1. The van der Waals surface area contributed by atoms with Crippen LogP contribution >= 0.6 is 39.1 Å². The predicted octanol–water partition coefficient (Wildman–Crippen LogP) is 5.55. The highest BCUT2D eigenvalue weighted by atomic mass is 79.9. The van der Waals surface area contributed by atoms with Crippen LogP contribution in [0.3, 0.4) is 0 Å². The van der Waals surface area contributed by atoms with Gasteiger partial charge in [0.25, 0.3) is 0 Å². The van der Waals surface area contributed by atoms with Crippen molar-refractivity contribution in [3.8, 4) is 5.75 Å². The smallest absolute Gasteiger partial charge is 0.139 e.